The summed E-state index contributed by atoms with van der Waals surface area (Å²) in [6.45, 7) is 7.39. The molecule has 0 bridgehead atoms. The van der Waals surface area contributed by atoms with Gasteiger partial charge in [-0.05, 0) is 32.0 Å². The molecule has 0 atom stereocenters. The summed E-state index contributed by atoms with van der Waals surface area (Å²) in [5.74, 6) is 0.161. The van der Waals surface area contributed by atoms with Gasteiger partial charge in [-0.2, -0.15) is 0 Å². The molecule has 2 aromatic rings. The van der Waals surface area contributed by atoms with Gasteiger partial charge in [0.1, 0.15) is 0 Å². The Morgan fingerprint density at radius 2 is 1.64 bits per heavy atom. The number of carbonyl (C=O) groups excluding carboxylic acids is 1. The first-order chi connectivity index (χ1) is 10.6. The lowest BCUT2D eigenvalue weighted by molar-refractivity contribution is 0.0746. The average Bonchev–Trinajstić information content (AvgIpc) is 2.83. The van der Waals surface area contributed by atoms with Crippen molar-refractivity contribution in [3.8, 4) is 0 Å². The summed E-state index contributed by atoms with van der Waals surface area (Å²) >= 11 is 0. The highest BCUT2D eigenvalue weighted by molar-refractivity contribution is 5.95. The Labute approximate surface area is 132 Å². The maximum atomic E-state index is 12.7. The summed E-state index contributed by atoms with van der Waals surface area (Å²) < 4.78 is 2.08. The smallest absolute Gasteiger partial charge is 0.255 e. The van der Waals surface area contributed by atoms with Gasteiger partial charge in [0.15, 0.2) is 0 Å². The molecule has 4 nitrogen and oxygen atoms in total. The highest BCUT2D eigenvalue weighted by Gasteiger charge is 2.24. The molecule has 1 fully saturated rings. The normalized spacial score (nSPS) is 15.2. The van der Waals surface area contributed by atoms with Crippen molar-refractivity contribution >= 4 is 11.6 Å². The Hall–Kier alpha value is -2.23. The molecular formula is C18H23N3O. The molecule has 0 radical (unpaired) electrons. The van der Waals surface area contributed by atoms with Crippen molar-refractivity contribution in [2.45, 2.75) is 13.8 Å². The number of aryl methyl sites for hydroxylation is 1. The van der Waals surface area contributed by atoms with Crippen LogP contribution in [0.25, 0.3) is 0 Å². The van der Waals surface area contributed by atoms with Gasteiger partial charge in [-0.25, -0.2) is 0 Å². The van der Waals surface area contributed by atoms with E-state index >= 15 is 0 Å². The van der Waals surface area contributed by atoms with E-state index in [0.29, 0.717) is 0 Å². The molecule has 4 heteroatoms. The van der Waals surface area contributed by atoms with Gasteiger partial charge in [0, 0.05) is 50.3 Å². The van der Waals surface area contributed by atoms with Gasteiger partial charge in [0.25, 0.3) is 5.91 Å². The lowest BCUT2D eigenvalue weighted by Crippen LogP contribution is -2.48. The Morgan fingerprint density at radius 3 is 2.18 bits per heavy atom. The second-order valence-corrected chi connectivity index (χ2v) is 5.96. The van der Waals surface area contributed by atoms with Gasteiger partial charge in [-0.3, -0.25) is 4.79 Å². The van der Waals surface area contributed by atoms with E-state index in [0.717, 1.165) is 43.1 Å². The molecule has 1 aliphatic rings. The largest absolute Gasteiger partial charge is 0.368 e. The number of benzene rings is 1. The first kappa shape index (κ1) is 14.7. The van der Waals surface area contributed by atoms with E-state index in [4.69, 9.17) is 0 Å². The van der Waals surface area contributed by atoms with Crippen LogP contribution in [0.5, 0.6) is 0 Å². The van der Waals surface area contributed by atoms with E-state index in [1.807, 2.05) is 37.9 Å². The molecule has 0 aliphatic carbocycles. The van der Waals surface area contributed by atoms with Crippen molar-refractivity contribution < 1.29 is 4.79 Å². The Morgan fingerprint density at radius 1 is 1.00 bits per heavy atom. The maximum Gasteiger partial charge on any atom is 0.255 e. The summed E-state index contributed by atoms with van der Waals surface area (Å²) in [6.07, 6.45) is 0. The second-order valence-electron chi connectivity index (χ2n) is 5.96. The molecule has 1 aromatic heterocycles. The minimum Gasteiger partial charge on any atom is -0.368 e. The number of anilines is 1. The Bertz CT molecular complexity index is 667. The third kappa shape index (κ3) is 2.61. The zero-order chi connectivity index (χ0) is 15.7. The molecule has 1 saturated heterocycles. The van der Waals surface area contributed by atoms with E-state index in [2.05, 4.69) is 33.7 Å². The first-order valence-electron chi connectivity index (χ1n) is 7.80. The van der Waals surface area contributed by atoms with E-state index in [9.17, 15) is 4.79 Å². The standard InChI is InChI=1S/C18H23N3O/c1-14-13-17(15(2)19(14)3)18(22)21-11-9-20(10-12-21)16-7-5-4-6-8-16/h4-8,13H,9-12H2,1-3H3. The van der Waals surface area contributed by atoms with Crippen LogP contribution in [0.1, 0.15) is 21.7 Å². The first-order valence-corrected chi connectivity index (χ1v) is 7.80. The number of aromatic nitrogens is 1. The van der Waals surface area contributed by atoms with Gasteiger partial charge in [-0.1, -0.05) is 18.2 Å². The Balaban J connectivity index is 1.68. The Kier molecular flexibility index (Phi) is 3.92. The quantitative estimate of drug-likeness (QED) is 0.852. The predicted octanol–water partition coefficient (Wildman–Crippen LogP) is 2.60. The highest BCUT2D eigenvalue weighted by Crippen LogP contribution is 2.19. The van der Waals surface area contributed by atoms with E-state index in [1.165, 1.54) is 5.69 Å². The second kappa shape index (κ2) is 5.87. The molecule has 3 rings (SSSR count). The molecule has 116 valence electrons. The van der Waals surface area contributed by atoms with Crippen LogP contribution in [-0.4, -0.2) is 41.6 Å². The summed E-state index contributed by atoms with van der Waals surface area (Å²) in [4.78, 5) is 17.0. The number of amides is 1. The topological polar surface area (TPSA) is 28.5 Å². The van der Waals surface area contributed by atoms with Crippen LogP contribution >= 0.6 is 0 Å². The number of rotatable bonds is 2. The molecule has 0 spiro atoms. The van der Waals surface area contributed by atoms with Crippen molar-refractivity contribution in [1.82, 2.24) is 9.47 Å². The fourth-order valence-electron chi connectivity index (χ4n) is 3.05. The summed E-state index contributed by atoms with van der Waals surface area (Å²) in [6, 6.07) is 12.4. The number of piperazine rings is 1. The summed E-state index contributed by atoms with van der Waals surface area (Å²) in [5, 5.41) is 0. The van der Waals surface area contributed by atoms with Crippen LogP contribution in [0.2, 0.25) is 0 Å². The van der Waals surface area contributed by atoms with Crippen molar-refractivity contribution in [2.24, 2.45) is 7.05 Å². The van der Waals surface area contributed by atoms with Crippen LogP contribution in [0, 0.1) is 13.8 Å². The van der Waals surface area contributed by atoms with Crippen LogP contribution in [-0.2, 0) is 7.05 Å². The maximum absolute atomic E-state index is 12.7. The molecule has 0 N–H and O–H groups in total. The van der Waals surface area contributed by atoms with Gasteiger partial charge in [0.05, 0.1) is 5.56 Å². The van der Waals surface area contributed by atoms with Crippen molar-refractivity contribution in [3.63, 3.8) is 0 Å². The third-order valence-corrected chi connectivity index (χ3v) is 4.69. The zero-order valence-corrected chi connectivity index (χ0v) is 13.5. The molecular weight excluding hydrogens is 274 g/mol. The molecule has 1 aliphatic heterocycles. The zero-order valence-electron chi connectivity index (χ0n) is 13.5. The van der Waals surface area contributed by atoms with Crippen LogP contribution in [0.3, 0.4) is 0 Å². The number of nitrogens with zero attached hydrogens (tertiary/aromatic N) is 3. The van der Waals surface area contributed by atoms with E-state index < -0.39 is 0 Å². The predicted molar refractivity (Wildman–Crippen MR) is 89.4 cm³/mol. The summed E-state index contributed by atoms with van der Waals surface area (Å²) in [5.41, 5.74) is 4.26. The third-order valence-electron chi connectivity index (χ3n) is 4.69. The van der Waals surface area contributed by atoms with Gasteiger partial charge in [-0.15, -0.1) is 0 Å². The van der Waals surface area contributed by atoms with E-state index in [-0.39, 0.29) is 5.91 Å². The lowest BCUT2D eigenvalue weighted by Gasteiger charge is -2.36. The molecule has 0 unspecified atom stereocenters. The van der Waals surface area contributed by atoms with Gasteiger partial charge >= 0.3 is 0 Å². The molecule has 2 heterocycles. The van der Waals surface area contributed by atoms with Crippen molar-refractivity contribution in [1.29, 1.82) is 0 Å². The monoisotopic (exact) mass is 297 g/mol. The highest BCUT2D eigenvalue weighted by atomic mass is 16.2. The SMILES string of the molecule is Cc1cc(C(=O)N2CCN(c3ccccc3)CC2)c(C)n1C. The van der Waals surface area contributed by atoms with Crippen LogP contribution in [0.4, 0.5) is 5.69 Å². The summed E-state index contributed by atoms with van der Waals surface area (Å²) in [7, 11) is 2.01. The lowest BCUT2D eigenvalue weighted by atomic mass is 10.2. The van der Waals surface area contributed by atoms with Gasteiger partial charge in [0.2, 0.25) is 0 Å². The number of carbonyl (C=O) groups is 1. The van der Waals surface area contributed by atoms with Crippen LogP contribution in [0.15, 0.2) is 36.4 Å². The van der Waals surface area contributed by atoms with Gasteiger partial charge < -0.3 is 14.4 Å². The minimum atomic E-state index is 0.161. The average molecular weight is 297 g/mol. The molecule has 1 aromatic carbocycles. The number of hydrogen-bond donors (Lipinski definition) is 0. The van der Waals surface area contributed by atoms with Crippen molar-refractivity contribution in [2.75, 3.05) is 31.1 Å². The fraction of sp³-hybridized carbons (Fsp3) is 0.389. The van der Waals surface area contributed by atoms with E-state index in [1.54, 1.807) is 0 Å². The minimum absolute atomic E-state index is 0.161. The molecule has 1 amide bonds. The molecule has 22 heavy (non-hydrogen) atoms. The van der Waals surface area contributed by atoms with Crippen LogP contribution < -0.4 is 4.90 Å². The fourth-order valence-corrected chi connectivity index (χ4v) is 3.05. The van der Waals surface area contributed by atoms with Crippen molar-refractivity contribution in [3.05, 3.63) is 53.3 Å². The number of para-hydroxylation sites is 1. The molecule has 0 saturated carbocycles. The number of hydrogen-bond acceptors (Lipinski definition) is 2.